The van der Waals surface area contributed by atoms with Crippen LogP contribution in [0.4, 0.5) is 4.39 Å². The van der Waals surface area contributed by atoms with Gasteiger partial charge in [-0.2, -0.15) is 4.39 Å². The van der Waals surface area contributed by atoms with E-state index in [1.54, 1.807) is 0 Å². The second kappa shape index (κ2) is 6.16. The van der Waals surface area contributed by atoms with Crippen molar-refractivity contribution in [1.29, 1.82) is 0 Å². The number of amides is 1. The fourth-order valence-electron chi connectivity index (χ4n) is 2.90. The van der Waals surface area contributed by atoms with Crippen molar-refractivity contribution in [3.05, 3.63) is 65.2 Å². The maximum Gasteiger partial charge on any atom is 0.313 e. The molecule has 1 aromatic heterocycles. The summed E-state index contributed by atoms with van der Waals surface area (Å²) in [6.45, 7) is 0. The Balaban J connectivity index is 1.84. The molecular formula is C17H15FN2O3. The number of pyridine rings is 1. The molecule has 0 saturated carbocycles. The van der Waals surface area contributed by atoms with E-state index < -0.39 is 17.8 Å². The number of esters is 1. The third-order valence-corrected chi connectivity index (χ3v) is 3.96. The topological polar surface area (TPSA) is 68.3 Å². The first-order valence-corrected chi connectivity index (χ1v) is 7.20. The highest BCUT2D eigenvalue weighted by Gasteiger charge is 2.36. The van der Waals surface area contributed by atoms with Crippen molar-refractivity contribution in [2.75, 3.05) is 7.11 Å². The summed E-state index contributed by atoms with van der Waals surface area (Å²) in [6, 6.07) is 11.1. The molecule has 2 atom stereocenters. The van der Waals surface area contributed by atoms with Gasteiger partial charge in [0.25, 0.3) is 5.91 Å². The van der Waals surface area contributed by atoms with Gasteiger partial charge in [0.1, 0.15) is 5.69 Å². The van der Waals surface area contributed by atoms with E-state index in [1.165, 1.54) is 25.3 Å². The zero-order valence-corrected chi connectivity index (χ0v) is 12.5. The standard InChI is InChI=1S/C17H15FN2O3/c1-23-17(22)12-9-14(11-6-3-2-5-10(11)12)20-16(21)13-7-4-8-15(18)19-13/h2-8,12,14H,9H2,1H3,(H,20,21)/t12-,14-/m1/s1. The number of ether oxygens (including phenoxy) is 1. The Morgan fingerprint density at radius 1 is 1.17 bits per heavy atom. The maximum absolute atomic E-state index is 13.1. The minimum absolute atomic E-state index is 0.00370. The van der Waals surface area contributed by atoms with Crippen LogP contribution in [0.5, 0.6) is 0 Å². The van der Waals surface area contributed by atoms with Crippen molar-refractivity contribution in [2.24, 2.45) is 0 Å². The lowest BCUT2D eigenvalue weighted by molar-refractivity contribution is -0.142. The van der Waals surface area contributed by atoms with E-state index in [0.29, 0.717) is 6.42 Å². The molecule has 1 aromatic carbocycles. The average molecular weight is 314 g/mol. The number of nitrogens with one attached hydrogen (secondary N) is 1. The summed E-state index contributed by atoms with van der Waals surface area (Å²) in [4.78, 5) is 27.7. The van der Waals surface area contributed by atoms with Crippen LogP contribution in [0.2, 0.25) is 0 Å². The van der Waals surface area contributed by atoms with Gasteiger partial charge in [-0.25, -0.2) is 4.98 Å². The van der Waals surface area contributed by atoms with Crippen molar-refractivity contribution >= 4 is 11.9 Å². The van der Waals surface area contributed by atoms with Gasteiger partial charge in [0.15, 0.2) is 0 Å². The van der Waals surface area contributed by atoms with Crippen molar-refractivity contribution in [2.45, 2.75) is 18.4 Å². The van der Waals surface area contributed by atoms with Crippen LogP contribution in [-0.2, 0) is 9.53 Å². The Kier molecular flexibility index (Phi) is 4.06. The quantitative estimate of drug-likeness (QED) is 0.697. The van der Waals surface area contributed by atoms with E-state index in [2.05, 4.69) is 10.3 Å². The smallest absolute Gasteiger partial charge is 0.313 e. The van der Waals surface area contributed by atoms with Gasteiger partial charge in [0.05, 0.1) is 19.1 Å². The van der Waals surface area contributed by atoms with Crippen LogP contribution in [0.1, 0.15) is 40.0 Å². The Hall–Kier alpha value is -2.76. The number of benzene rings is 1. The van der Waals surface area contributed by atoms with Crippen LogP contribution in [0, 0.1) is 5.95 Å². The summed E-state index contributed by atoms with van der Waals surface area (Å²) >= 11 is 0. The number of halogens is 1. The number of rotatable bonds is 3. The molecule has 0 aliphatic heterocycles. The van der Waals surface area contributed by atoms with Crippen LogP contribution >= 0.6 is 0 Å². The van der Waals surface area contributed by atoms with Crippen LogP contribution in [0.15, 0.2) is 42.5 Å². The van der Waals surface area contributed by atoms with Gasteiger partial charge in [-0.3, -0.25) is 9.59 Å². The summed E-state index contributed by atoms with van der Waals surface area (Å²) in [5, 5.41) is 2.81. The zero-order valence-electron chi connectivity index (χ0n) is 12.5. The van der Waals surface area contributed by atoms with Crippen molar-refractivity contribution in [3.63, 3.8) is 0 Å². The van der Waals surface area contributed by atoms with E-state index in [9.17, 15) is 14.0 Å². The van der Waals surface area contributed by atoms with Crippen LogP contribution in [0.25, 0.3) is 0 Å². The maximum atomic E-state index is 13.1. The molecule has 0 spiro atoms. The molecule has 118 valence electrons. The summed E-state index contributed by atoms with van der Waals surface area (Å²) < 4.78 is 18.0. The zero-order chi connectivity index (χ0) is 16.4. The molecule has 5 nitrogen and oxygen atoms in total. The first-order valence-electron chi connectivity index (χ1n) is 7.20. The predicted octanol–water partition coefficient (Wildman–Crippen LogP) is 2.35. The number of carbonyl (C=O) groups is 2. The largest absolute Gasteiger partial charge is 0.469 e. The van der Waals surface area contributed by atoms with Gasteiger partial charge in [-0.1, -0.05) is 30.3 Å². The molecule has 2 aromatic rings. The number of carbonyl (C=O) groups excluding carboxylic acids is 2. The SMILES string of the molecule is COC(=O)[C@@H]1C[C@@H](NC(=O)c2cccc(F)n2)c2ccccc21. The van der Waals surface area contributed by atoms with E-state index >= 15 is 0 Å². The van der Waals surface area contributed by atoms with Gasteiger partial charge in [-0.05, 0) is 29.7 Å². The molecule has 3 rings (SSSR count). The molecule has 0 unspecified atom stereocenters. The molecule has 0 saturated heterocycles. The van der Waals surface area contributed by atoms with Gasteiger partial charge in [-0.15, -0.1) is 0 Å². The predicted molar refractivity (Wildman–Crippen MR) is 80.2 cm³/mol. The highest BCUT2D eigenvalue weighted by atomic mass is 19.1. The van der Waals surface area contributed by atoms with Gasteiger partial charge in [0.2, 0.25) is 5.95 Å². The fraction of sp³-hybridized carbons (Fsp3) is 0.235. The van der Waals surface area contributed by atoms with Crippen LogP contribution in [-0.4, -0.2) is 24.0 Å². The summed E-state index contributed by atoms with van der Waals surface area (Å²) in [5.74, 6) is -1.94. The number of nitrogens with zero attached hydrogens (tertiary/aromatic N) is 1. The number of aromatic nitrogens is 1. The average Bonchev–Trinajstić information content (AvgIpc) is 2.93. The van der Waals surface area contributed by atoms with Gasteiger partial charge < -0.3 is 10.1 Å². The Morgan fingerprint density at radius 3 is 2.61 bits per heavy atom. The molecule has 1 aliphatic carbocycles. The summed E-state index contributed by atoms with van der Waals surface area (Å²) in [6.07, 6.45) is 0.410. The van der Waals surface area contributed by atoms with Crippen LogP contribution in [0.3, 0.4) is 0 Å². The lowest BCUT2D eigenvalue weighted by atomic mass is 10.0. The Bertz CT molecular complexity index is 763. The minimum Gasteiger partial charge on any atom is -0.469 e. The third-order valence-electron chi connectivity index (χ3n) is 3.96. The molecular weight excluding hydrogens is 299 g/mol. The van der Waals surface area contributed by atoms with Gasteiger partial charge in [0, 0.05) is 0 Å². The first-order chi connectivity index (χ1) is 11.1. The fourth-order valence-corrected chi connectivity index (χ4v) is 2.90. The second-order valence-corrected chi connectivity index (χ2v) is 5.31. The summed E-state index contributed by atoms with van der Waals surface area (Å²) in [7, 11) is 1.34. The van der Waals surface area contributed by atoms with E-state index in [-0.39, 0.29) is 17.7 Å². The molecule has 1 N–H and O–H groups in total. The molecule has 6 heteroatoms. The first kappa shape index (κ1) is 15.1. The molecule has 1 heterocycles. The Labute approximate surface area is 132 Å². The molecule has 23 heavy (non-hydrogen) atoms. The van der Waals surface area contributed by atoms with E-state index in [4.69, 9.17) is 4.74 Å². The number of fused-ring (bicyclic) bond motifs is 1. The van der Waals surface area contributed by atoms with E-state index in [1.807, 2.05) is 24.3 Å². The minimum atomic E-state index is -0.711. The number of hydrogen-bond donors (Lipinski definition) is 1. The summed E-state index contributed by atoms with van der Waals surface area (Å²) in [5.41, 5.74) is 1.72. The monoisotopic (exact) mass is 314 g/mol. The molecule has 0 bridgehead atoms. The van der Waals surface area contributed by atoms with Crippen LogP contribution < -0.4 is 5.32 Å². The van der Waals surface area contributed by atoms with Gasteiger partial charge >= 0.3 is 5.97 Å². The van der Waals surface area contributed by atoms with E-state index in [0.717, 1.165) is 11.1 Å². The normalized spacial score (nSPS) is 19.0. The highest BCUT2D eigenvalue weighted by molar-refractivity contribution is 5.92. The molecule has 1 amide bonds. The lowest BCUT2D eigenvalue weighted by Gasteiger charge is -2.14. The third kappa shape index (κ3) is 2.92. The number of hydrogen-bond acceptors (Lipinski definition) is 4. The lowest BCUT2D eigenvalue weighted by Crippen LogP contribution is -2.28. The highest BCUT2D eigenvalue weighted by Crippen LogP contribution is 2.40. The van der Waals surface area contributed by atoms with Crippen molar-refractivity contribution in [1.82, 2.24) is 10.3 Å². The molecule has 0 radical (unpaired) electrons. The number of methoxy groups -OCH3 is 1. The molecule has 0 fully saturated rings. The molecule has 1 aliphatic rings. The second-order valence-electron chi connectivity index (χ2n) is 5.31. The van der Waals surface area contributed by atoms with Crippen molar-refractivity contribution < 1.29 is 18.7 Å². The van der Waals surface area contributed by atoms with Crippen molar-refractivity contribution in [3.8, 4) is 0 Å². The Morgan fingerprint density at radius 2 is 1.91 bits per heavy atom.